The molecular weight excluding hydrogens is 248 g/mol. The number of hydrogen-bond donors (Lipinski definition) is 4. The van der Waals surface area contributed by atoms with Crippen molar-refractivity contribution in [2.45, 2.75) is 51.7 Å². The van der Waals surface area contributed by atoms with Crippen LogP contribution >= 0.6 is 0 Å². The summed E-state index contributed by atoms with van der Waals surface area (Å²) in [5.41, 5.74) is 0. The van der Waals surface area contributed by atoms with Gasteiger partial charge in [-0.1, -0.05) is 19.8 Å². The minimum Gasteiger partial charge on any atom is -0.480 e. The molecule has 0 heterocycles. The molecule has 0 aromatic heterocycles. The van der Waals surface area contributed by atoms with Gasteiger partial charge in [-0.25, -0.2) is 9.59 Å². The van der Waals surface area contributed by atoms with E-state index in [1.165, 1.54) is 19.8 Å². The van der Waals surface area contributed by atoms with E-state index in [1.54, 1.807) is 0 Å². The Bertz CT molecular complexity index is 312. The van der Waals surface area contributed by atoms with Crippen LogP contribution in [0.15, 0.2) is 0 Å². The maximum atomic E-state index is 11.6. The molecule has 2 amide bonds. The van der Waals surface area contributed by atoms with Crippen molar-refractivity contribution in [3.8, 4) is 0 Å². The number of amides is 2. The normalized spacial score (nSPS) is 26.3. The summed E-state index contributed by atoms with van der Waals surface area (Å²) in [6.45, 7) is 4.13. The van der Waals surface area contributed by atoms with Gasteiger partial charge in [0.1, 0.15) is 0 Å². The summed E-state index contributed by atoms with van der Waals surface area (Å²) in [5.74, 6) is -0.00914. The lowest BCUT2D eigenvalue weighted by Gasteiger charge is -2.26. The van der Waals surface area contributed by atoms with E-state index in [9.17, 15) is 14.7 Å². The summed E-state index contributed by atoms with van der Waals surface area (Å²) in [5, 5.41) is 23.0. The number of carboxylic acid groups (broad SMARTS) is 1. The second-order valence-electron chi connectivity index (χ2n) is 5.54. The molecule has 0 bridgehead atoms. The second kappa shape index (κ2) is 7.33. The zero-order valence-electron chi connectivity index (χ0n) is 11.6. The molecule has 0 spiro atoms. The molecule has 19 heavy (non-hydrogen) atoms. The first kappa shape index (κ1) is 15.8. The number of nitrogens with one attached hydrogen (secondary N) is 2. The fourth-order valence-corrected chi connectivity index (χ4v) is 2.35. The molecule has 6 heteroatoms. The van der Waals surface area contributed by atoms with Gasteiger partial charge in [0.05, 0.1) is 6.10 Å². The zero-order valence-corrected chi connectivity index (χ0v) is 11.6. The third-order valence-corrected chi connectivity index (χ3v) is 3.72. The van der Waals surface area contributed by atoms with Crippen LogP contribution in [0, 0.1) is 11.8 Å². The second-order valence-corrected chi connectivity index (χ2v) is 5.54. The molecule has 110 valence electrons. The molecule has 1 aliphatic carbocycles. The highest BCUT2D eigenvalue weighted by Gasteiger charge is 2.25. The van der Waals surface area contributed by atoms with Gasteiger partial charge in [-0.2, -0.15) is 0 Å². The van der Waals surface area contributed by atoms with Gasteiger partial charge in [-0.05, 0) is 31.6 Å². The van der Waals surface area contributed by atoms with Gasteiger partial charge in [0.25, 0.3) is 0 Å². The lowest BCUT2D eigenvalue weighted by molar-refractivity contribution is -0.141. The van der Waals surface area contributed by atoms with Gasteiger partial charge in [0, 0.05) is 6.54 Å². The Hall–Kier alpha value is -1.30. The first-order chi connectivity index (χ1) is 8.90. The molecule has 2 unspecified atom stereocenters. The van der Waals surface area contributed by atoms with Crippen LogP contribution in [0.3, 0.4) is 0 Å². The smallest absolute Gasteiger partial charge is 0.328 e. The SMILES string of the molecule is CC1CCC(CNC(=O)NC(C(=O)O)C(C)O)CC1. The van der Waals surface area contributed by atoms with Crippen LogP contribution in [0.4, 0.5) is 4.79 Å². The molecule has 1 aliphatic rings. The first-order valence-electron chi connectivity index (χ1n) is 6.85. The highest BCUT2D eigenvalue weighted by molar-refractivity contribution is 5.82. The molecule has 1 fully saturated rings. The number of carbonyl (C=O) groups excluding carboxylic acids is 1. The Morgan fingerprint density at radius 3 is 2.32 bits per heavy atom. The molecule has 0 aromatic carbocycles. The van der Waals surface area contributed by atoms with Gasteiger partial charge < -0.3 is 20.8 Å². The molecule has 4 N–H and O–H groups in total. The van der Waals surface area contributed by atoms with Crippen LogP contribution in [-0.4, -0.2) is 40.9 Å². The van der Waals surface area contributed by atoms with E-state index in [4.69, 9.17) is 5.11 Å². The molecule has 2 atom stereocenters. The molecule has 0 radical (unpaired) electrons. The highest BCUT2D eigenvalue weighted by Crippen LogP contribution is 2.27. The standard InChI is InChI=1S/C13H24N2O4/c1-8-3-5-10(6-4-8)7-14-13(19)15-11(9(2)16)12(17)18/h8-11,16H,3-7H2,1-2H3,(H,17,18)(H2,14,15,19). The van der Waals surface area contributed by atoms with E-state index in [0.717, 1.165) is 18.8 Å². The Morgan fingerprint density at radius 2 is 1.84 bits per heavy atom. The van der Waals surface area contributed by atoms with Crippen molar-refractivity contribution >= 4 is 12.0 Å². The molecule has 1 saturated carbocycles. The van der Waals surface area contributed by atoms with Gasteiger partial charge >= 0.3 is 12.0 Å². The predicted molar refractivity (Wildman–Crippen MR) is 70.8 cm³/mol. The summed E-state index contributed by atoms with van der Waals surface area (Å²) < 4.78 is 0. The molecule has 0 saturated heterocycles. The Morgan fingerprint density at radius 1 is 1.26 bits per heavy atom. The average Bonchev–Trinajstić information content (AvgIpc) is 2.34. The summed E-state index contributed by atoms with van der Waals surface area (Å²) in [7, 11) is 0. The lowest BCUT2D eigenvalue weighted by Crippen LogP contribution is -2.51. The molecule has 6 nitrogen and oxygen atoms in total. The first-order valence-corrected chi connectivity index (χ1v) is 6.85. The van der Waals surface area contributed by atoms with Gasteiger partial charge in [0.15, 0.2) is 6.04 Å². The van der Waals surface area contributed by atoms with Crippen molar-refractivity contribution in [1.29, 1.82) is 0 Å². The van der Waals surface area contributed by atoms with Crippen LogP contribution in [0.2, 0.25) is 0 Å². The number of rotatable bonds is 5. The van der Waals surface area contributed by atoms with Gasteiger partial charge in [-0.3, -0.25) is 0 Å². The lowest BCUT2D eigenvalue weighted by atomic mass is 9.83. The summed E-state index contributed by atoms with van der Waals surface area (Å²) >= 11 is 0. The average molecular weight is 272 g/mol. The number of urea groups is 1. The van der Waals surface area contributed by atoms with Crippen LogP contribution in [0.25, 0.3) is 0 Å². The van der Waals surface area contributed by atoms with E-state index in [-0.39, 0.29) is 0 Å². The van der Waals surface area contributed by atoms with Crippen molar-refractivity contribution in [3.05, 3.63) is 0 Å². The van der Waals surface area contributed by atoms with E-state index in [1.807, 2.05) is 0 Å². The van der Waals surface area contributed by atoms with Gasteiger partial charge in [0.2, 0.25) is 0 Å². The summed E-state index contributed by atoms with van der Waals surface area (Å²) in [6.07, 6.45) is 3.43. The third-order valence-electron chi connectivity index (χ3n) is 3.72. The quantitative estimate of drug-likeness (QED) is 0.598. The molecule has 1 rings (SSSR count). The van der Waals surface area contributed by atoms with E-state index in [2.05, 4.69) is 17.6 Å². The maximum absolute atomic E-state index is 11.6. The van der Waals surface area contributed by atoms with Crippen LogP contribution in [0.1, 0.15) is 39.5 Å². The number of hydrogen-bond acceptors (Lipinski definition) is 3. The zero-order chi connectivity index (χ0) is 14.4. The van der Waals surface area contributed by atoms with E-state index in [0.29, 0.717) is 12.5 Å². The fraction of sp³-hybridized carbons (Fsp3) is 0.846. The van der Waals surface area contributed by atoms with E-state index < -0.39 is 24.1 Å². The summed E-state index contributed by atoms with van der Waals surface area (Å²) in [6, 6.07) is -1.81. The number of carboxylic acids is 1. The fourth-order valence-electron chi connectivity index (χ4n) is 2.35. The van der Waals surface area contributed by atoms with Crippen molar-refractivity contribution in [3.63, 3.8) is 0 Å². The minimum absolute atomic E-state index is 0.469. The van der Waals surface area contributed by atoms with Crippen molar-refractivity contribution in [1.82, 2.24) is 10.6 Å². The Labute approximate surface area is 113 Å². The topological polar surface area (TPSA) is 98.7 Å². The largest absolute Gasteiger partial charge is 0.480 e. The predicted octanol–water partition coefficient (Wildman–Crippen LogP) is 0.946. The van der Waals surface area contributed by atoms with Gasteiger partial charge in [-0.15, -0.1) is 0 Å². The number of aliphatic carboxylic acids is 1. The molecule has 0 aromatic rings. The third kappa shape index (κ3) is 5.46. The minimum atomic E-state index is -1.27. The number of aliphatic hydroxyl groups is 1. The van der Waals surface area contributed by atoms with Crippen LogP contribution < -0.4 is 10.6 Å². The van der Waals surface area contributed by atoms with Crippen LogP contribution in [0.5, 0.6) is 0 Å². The number of carbonyl (C=O) groups is 2. The van der Waals surface area contributed by atoms with E-state index >= 15 is 0 Å². The van der Waals surface area contributed by atoms with Crippen molar-refractivity contribution in [2.75, 3.05) is 6.54 Å². The number of aliphatic hydroxyl groups excluding tert-OH is 1. The van der Waals surface area contributed by atoms with Crippen LogP contribution in [-0.2, 0) is 4.79 Å². The maximum Gasteiger partial charge on any atom is 0.328 e. The van der Waals surface area contributed by atoms with Crippen molar-refractivity contribution < 1.29 is 19.8 Å². The molecule has 0 aliphatic heterocycles. The monoisotopic (exact) mass is 272 g/mol. The molecular formula is C13H24N2O4. The Balaban J connectivity index is 2.29. The highest BCUT2D eigenvalue weighted by atomic mass is 16.4. The summed E-state index contributed by atoms with van der Waals surface area (Å²) in [4.78, 5) is 22.4. The van der Waals surface area contributed by atoms with Crippen molar-refractivity contribution in [2.24, 2.45) is 11.8 Å². The Kier molecular flexibility index (Phi) is 6.08.